The van der Waals surface area contributed by atoms with Crippen molar-refractivity contribution in [3.8, 4) is 0 Å². The lowest BCUT2D eigenvalue weighted by Gasteiger charge is -2.22. The maximum atomic E-state index is 11.9. The zero-order valence-electron chi connectivity index (χ0n) is 15.2. The molecule has 146 valence electrons. The second kappa shape index (κ2) is 8.15. The molecule has 0 amide bonds. The maximum absolute atomic E-state index is 11.9. The predicted octanol–water partition coefficient (Wildman–Crippen LogP) is 6.84. The number of aromatic nitrogens is 1. The van der Waals surface area contributed by atoms with Crippen LogP contribution in [0.4, 0.5) is 0 Å². The van der Waals surface area contributed by atoms with Gasteiger partial charge in [-0.1, -0.05) is 96.0 Å². The number of hydrogen-bond donors (Lipinski definition) is 2. The summed E-state index contributed by atoms with van der Waals surface area (Å²) in [5.41, 5.74) is 3.33. The lowest BCUT2D eigenvalue weighted by molar-refractivity contribution is 0.0688. The number of thioether (sulfide) groups is 1. The Morgan fingerprint density at radius 3 is 2.24 bits per heavy atom. The standard InChI is InChI=1S/C23H17Cl2NO2S/c24-23(25,16-10-5-2-6-11-16)17-12-7-13-18-19(17)21(20(26-18)22(27)28)29-14-15-8-3-1-4-9-15/h1-13,26H,14H2,(H,27,28). The molecule has 4 rings (SSSR count). The second-order valence-electron chi connectivity index (χ2n) is 6.58. The highest BCUT2D eigenvalue weighted by atomic mass is 35.5. The van der Waals surface area contributed by atoms with Gasteiger partial charge in [0.1, 0.15) is 5.69 Å². The van der Waals surface area contributed by atoms with Crippen LogP contribution in [0.3, 0.4) is 0 Å². The molecule has 29 heavy (non-hydrogen) atoms. The summed E-state index contributed by atoms with van der Waals surface area (Å²) in [6.07, 6.45) is 0. The van der Waals surface area contributed by atoms with E-state index in [0.717, 1.165) is 16.5 Å². The molecular weight excluding hydrogens is 425 g/mol. The fourth-order valence-electron chi connectivity index (χ4n) is 3.31. The smallest absolute Gasteiger partial charge is 0.353 e. The molecule has 0 aliphatic carbocycles. The number of aromatic carboxylic acids is 1. The lowest BCUT2D eigenvalue weighted by atomic mass is 10.00. The van der Waals surface area contributed by atoms with Gasteiger partial charge >= 0.3 is 5.97 Å². The fourth-order valence-corrected chi connectivity index (χ4v) is 5.02. The Kier molecular flexibility index (Phi) is 5.59. The van der Waals surface area contributed by atoms with Gasteiger partial charge in [0.25, 0.3) is 0 Å². The highest BCUT2D eigenvalue weighted by Crippen LogP contribution is 2.47. The van der Waals surface area contributed by atoms with E-state index in [0.29, 0.717) is 21.7 Å². The minimum atomic E-state index is -1.32. The van der Waals surface area contributed by atoms with E-state index < -0.39 is 10.3 Å². The number of nitrogens with one attached hydrogen (secondary N) is 1. The second-order valence-corrected chi connectivity index (χ2v) is 8.89. The molecule has 0 spiro atoms. The molecule has 0 atom stereocenters. The minimum absolute atomic E-state index is 0.144. The van der Waals surface area contributed by atoms with Crippen molar-refractivity contribution >= 4 is 51.8 Å². The van der Waals surface area contributed by atoms with Crippen molar-refractivity contribution in [1.82, 2.24) is 4.98 Å². The SMILES string of the molecule is O=C(O)c1[nH]c2cccc(C(Cl)(Cl)c3ccccc3)c2c1SCc1ccccc1. The highest BCUT2D eigenvalue weighted by Gasteiger charge is 2.33. The van der Waals surface area contributed by atoms with Crippen molar-refractivity contribution in [3.63, 3.8) is 0 Å². The number of carbonyl (C=O) groups is 1. The molecule has 3 aromatic carbocycles. The Bertz CT molecular complexity index is 1160. The van der Waals surface area contributed by atoms with Gasteiger partial charge in [-0.05, 0) is 17.2 Å². The molecule has 3 nitrogen and oxygen atoms in total. The first-order valence-electron chi connectivity index (χ1n) is 8.97. The molecule has 0 bridgehead atoms. The van der Waals surface area contributed by atoms with Crippen LogP contribution in [0.25, 0.3) is 10.9 Å². The number of rotatable bonds is 6. The lowest BCUT2D eigenvalue weighted by Crippen LogP contribution is -2.12. The van der Waals surface area contributed by atoms with Gasteiger partial charge < -0.3 is 10.1 Å². The fraction of sp³-hybridized carbons (Fsp3) is 0.0870. The summed E-state index contributed by atoms with van der Waals surface area (Å²) in [7, 11) is 0. The van der Waals surface area contributed by atoms with Gasteiger partial charge in [-0.2, -0.15) is 0 Å². The van der Waals surface area contributed by atoms with Gasteiger partial charge in [0, 0.05) is 27.1 Å². The largest absolute Gasteiger partial charge is 0.477 e. The number of carboxylic acid groups (broad SMARTS) is 1. The third kappa shape index (κ3) is 3.88. The molecule has 1 heterocycles. The van der Waals surface area contributed by atoms with Crippen LogP contribution < -0.4 is 0 Å². The summed E-state index contributed by atoms with van der Waals surface area (Å²) in [5, 5.41) is 10.5. The molecule has 0 fully saturated rings. The first kappa shape index (κ1) is 19.9. The number of fused-ring (bicyclic) bond motifs is 1. The van der Waals surface area contributed by atoms with Crippen LogP contribution in [0.15, 0.2) is 83.8 Å². The Labute approximate surface area is 182 Å². The molecule has 0 saturated heterocycles. The number of carboxylic acids is 1. The first-order valence-corrected chi connectivity index (χ1v) is 10.7. The van der Waals surface area contributed by atoms with Gasteiger partial charge in [0.2, 0.25) is 0 Å². The molecule has 6 heteroatoms. The zero-order chi connectivity index (χ0) is 20.4. The van der Waals surface area contributed by atoms with Crippen LogP contribution >= 0.6 is 35.0 Å². The van der Waals surface area contributed by atoms with E-state index in [9.17, 15) is 9.90 Å². The molecule has 0 aliphatic heterocycles. The third-order valence-electron chi connectivity index (χ3n) is 4.69. The van der Waals surface area contributed by atoms with Gasteiger partial charge in [-0.15, -0.1) is 11.8 Å². The van der Waals surface area contributed by atoms with Crippen LogP contribution in [0.2, 0.25) is 0 Å². The van der Waals surface area contributed by atoms with Crippen LogP contribution in [0.1, 0.15) is 27.2 Å². The van der Waals surface area contributed by atoms with Gasteiger partial charge in [0.05, 0.1) is 0 Å². The van der Waals surface area contributed by atoms with E-state index in [1.54, 1.807) is 0 Å². The van der Waals surface area contributed by atoms with E-state index >= 15 is 0 Å². The van der Waals surface area contributed by atoms with Crippen LogP contribution in [0, 0.1) is 0 Å². The van der Waals surface area contributed by atoms with Crippen molar-refractivity contribution in [2.24, 2.45) is 0 Å². The molecule has 0 saturated carbocycles. The Morgan fingerprint density at radius 1 is 0.931 bits per heavy atom. The third-order valence-corrected chi connectivity index (χ3v) is 6.71. The van der Waals surface area contributed by atoms with E-state index in [1.807, 2.05) is 78.9 Å². The van der Waals surface area contributed by atoms with Crippen molar-refractivity contribution in [2.75, 3.05) is 0 Å². The number of H-pyrrole nitrogens is 1. The molecular formula is C23H17Cl2NO2S. The normalized spacial score (nSPS) is 11.7. The molecule has 4 aromatic rings. The number of benzene rings is 3. The maximum Gasteiger partial charge on any atom is 0.353 e. The summed E-state index contributed by atoms with van der Waals surface area (Å²) in [6, 6.07) is 24.8. The number of alkyl halides is 2. The summed E-state index contributed by atoms with van der Waals surface area (Å²) in [5.74, 6) is -0.386. The Hall–Kier alpha value is -2.40. The van der Waals surface area contributed by atoms with Gasteiger partial charge in [-0.3, -0.25) is 0 Å². The average Bonchev–Trinajstić information content (AvgIpc) is 3.12. The molecule has 0 aliphatic rings. The topological polar surface area (TPSA) is 53.1 Å². The monoisotopic (exact) mass is 441 g/mol. The van der Waals surface area contributed by atoms with E-state index in [1.165, 1.54) is 11.8 Å². The molecule has 1 aromatic heterocycles. The quantitative estimate of drug-likeness (QED) is 0.254. The zero-order valence-corrected chi connectivity index (χ0v) is 17.6. The van der Waals surface area contributed by atoms with Gasteiger partial charge in [-0.25, -0.2) is 4.79 Å². The predicted molar refractivity (Wildman–Crippen MR) is 120 cm³/mol. The van der Waals surface area contributed by atoms with Crippen LogP contribution in [-0.4, -0.2) is 16.1 Å². The van der Waals surface area contributed by atoms with Gasteiger partial charge in [0.15, 0.2) is 4.33 Å². The number of halogens is 2. The van der Waals surface area contributed by atoms with E-state index in [2.05, 4.69) is 4.98 Å². The summed E-state index contributed by atoms with van der Waals surface area (Å²) in [6.45, 7) is 0. The Morgan fingerprint density at radius 2 is 1.59 bits per heavy atom. The number of hydrogen-bond acceptors (Lipinski definition) is 2. The van der Waals surface area contributed by atoms with Crippen molar-refractivity contribution in [1.29, 1.82) is 0 Å². The van der Waals surface area contributed by atoms with Crippen molar-refractivity contribution < 1.29 is 9.90 Å². The highest BCUT2D eigenvalue weighted by molar-refractivity contribution is 7.98. The van der Waals surface area contributed by atoms with Crippen LogP contribution in [0.5, 0.6) is 0 Å². The minimum Gasteiger partial charge on any atom is -0.477 e. The molecule has 0 radical (unpaired) electrons. The molecule has 0 unspecified atom stereocenters. The summed E-state index contributed by atoms with van der Waals surface area (Å²) >= 11 is 15.1. The van der Waals surface area contributed by atoms with E-state index in [-0.39, 0.29) is 5.69 Å². The van der Waals surface area contributed by atoms with E-state index in [4.69, 9.17) is 23.2 Å². The van der Waals surface area contributed by atoms with Crippen molar-refractivity contribution in [2.45, 2.75) is 15.0 Å². The van der Waals surface area contributed by atoms with Crippen molar-refractivity contribution in [3.05, 3.63) is 101 Å². The average molecular weight is 442 g/mol. The summed E-state index contributed by atoms with van der Waals surface area (Å²) in [4.78, 5) is 15.6. The first-order chi connectivity index (χ1) is 14.0. The summed E-state index contributed by atoms with van der Waals surface area (Å²) < 4.78 is -1.32. The number of aromatic amines is 1. The molecule has 2 N–H and O–H groups in total. The van der Waals surface area contributed by atoms with Crippen LogP contribution in [-0.2, 0) is 10.1 Å². The Balaban J connectivity index is 1.87.